The fraction of sp³-hybridized carbons (Fsp3) is 0.762. The van der Waals surface area contributed by atoms with Gasteiger partial charge < -0.3 is 34.3 Å². The highest BCUT2D eigenvalue weighted by molar-refractivity contribution is 5.75. The average molecular weight is 472 g/mol. The Bertz CT molecular complexity index is 737. The molecule has 0 aromatic carbocycles. The summed E-state index contributed by atoms with van der Waals surface area (Å²) in [4.78, 5) is 59.3. The van der Waals surface area contributed by atoms with E-state index in [4.69, 9.17) is 23.7 Å². The highest BCUT2D eigenvalue weighted by Gasteiger charge is 2.52. The summed E-state index contributed by atoms with van der Waals surface area (Å²) in [5, 5.41) is 5.45. The predicted molar refractivity (Wildman–Crippen MR) is 110 cm³/mol. The molecule has 2 rings (SSSR count). The number of esters is 4. The minimum absolute atomic E-state index is 0.00980. The van der Waals surface area contributed by atoms with Gasteiger partial charge in [0.05, 0.1) is 0 Å². The largest absolute Gasteiger partial charge is 0.463 e. The van der Waals surface area contributed by atoms with Crippen molar-refractivity contribution in [2.24, 2.45) is 0 Å². The Hall–Kier alpha value is -2.89. The minimum Gasteiger partial charge on any atom is -0.463 e. The normalized spacial score (nSPS) is 27.6. The number of hydrogen-bond acceptors (Lipinski definition) is 10. The molecule has 12 heteroatoms. The molecule has 1 aliphatic heterocycles. The van der Waals surface area contributed by atoms with Crippen molar-refractivity contribution >= 4 is 29.9 Å². The van der Waals surface area contributed by atoms with Gasteiger partial charge in [-0.05, 0) is 12.8 Å². The molecule has 0 aromatic rings. The Labute approximate surface area is 192 Å². The van der Waals surface area contributed by atoms with Crippen LogP contribution in [0, 0.1) is 0 Å². The molecule has 1 saturated heterocycles. The van der Waals surface area contributed by atoms with Gasteiger partial charge >= 0.3 is 29.9 Å². The van der Waals surface area contributed by atoms with Gasteiger partial charge in [0.2, 0.25) is 0 Å². The van der Waals surface area contributed by atoms with E-state index in [1.165, 1.54) is 6.92 Å². The van der Waals surface area contributed by atoms with E-state index in [0.717, 1.165) is 52.9 Å². The molecule has 2 fully saturated rings. The molecule has 1 saturated carbocycles. The molecular weight excluding hydrogens is 440 g/mol. The summed E-state index contributed by atoms with van der Waals surface area (Å²) in [6.45, 7) is 4.22. The third-order valence-electron chi connectivity index (χ3n) is 5.20. The Morgan fingerprint density at radius 2 is 1.27 bits per heavy atom. The van der Waals surface area contributed by atoms with E-state index in [9.17, 15) is 24.0 Å². The van der Waals surface area contributed by atoms with Gasteiger partial charge in [-0.3, -0.25) is 19.2 Å². The van der Waals surface area contributed by atoms with Crippen LogP contribution in [0.2, 0.25) is 0 Å². The lowest BCUT2D eigenvalue weighted by atomic mass is 9.95. The maximum absolute atomic E-state index is 12.7. The van der Waals surface area contributed by atoms with Gasteiger partial charge in [-0.15, -0.1) is 0 Å². The molecule has 1 heterocycles. The molecule has 2 amide bonds. The monoisotopic (exact) mass is 472 g/mol. The fourth-order valence-electron chi connectivity index (χ4n) is 3.95. The van der Waals surface area contributed by atoms with Crippen molar-refractivity contribution in [3.8, 4) is 0 Å². The molecule has 0 spiro atoms. The zero-order chi connectivity index (χ0) is 24.5. The van der Waals surface area contributed by atoms with E-state index >= 15 is 0 Å². The second kappa shape index (κ2) is 12.4. The lowest BCUT2D eigenvalue weighted by Crippen LogP contribution is -2.67. The first-order valence-electron chi connectivity index (χ1n) is 10.9. The van der Waals surface area contributed by atoms with Gasteiger partial charge in [-0.1, -0.05) is 19.3 Å². The predicted octanol–water partition coefficient (Wildman–Crippen LogP) is 0.701. The molecule has 0 radical (unpaired) electrons. The van der Waals surface area contributed by atoms with E-state index in [0.29, 0.717) is 0 Å². The lowest BCUT2D eigenvalue weighted by Gasteiger charge is -2.44. The van der Waals surface area contributed by atoms with E-state index < -0.39 is 60.6 Å². The molecule has 0 bridgehead atoms. The second-order valence-corrected chi connectivity index (χ2v) is 8.07. The van der Waals surface area contributed by atoms with Crippen LogP contribution in [-0.2, 0) is 42.9 Å². The number of hydrogen-bond donors (Lipinski definition) is 2. The molecule has 2 N–H and O–H groups in total. The molecule has 0 unspecified atom stereocenters. The SMILES string of the molecule is CC(=O)OC[C@H]1O[C@@H](NC(=O)NC2CCCCC2)[C@H](OC(C)=O)[C@@H](OC(C)=O)[C@@H]1OC(C)=O. The van der Waals surface area contributed by atoms with Crippen LogP contribution in [0.5, 0.6) is 0 Å². The van der Waals surface area contributed by atoms with Crippen molar-refractivity contribution in [3.63, 3.8) is 0 Å². The van der Waals surface area contributed by atoms with Crippen molar-refractivity contribution in [1.82, 2.24) is 10.6 Å². The highest BCUT2D eigenvalue weighted by atomic mass is 16.7. The molecule has 12 nitrogen and oxygen atoms in total. The number of carbonyl (C=O) groups is 5. The van der Waals surface area contributed by atoms with Gasteiger partial charge in [0.15, 0.2) is 24.5 Å². The molecule has 2 aliphatic rings. The van der Waals surface area contributed by atoms with Gasteiger partial charge in [0, 0.05) is 33.7 Å². The number of amides is 2. The van der Waals surface area contributed by atoms with Gasteiger partial charge in [0.1, 0.15) is 12.7 Å². The first-order chi connectivity index (χ1) is 15.6. The van der Waals surface area contributed by atoms with Crippen molar-refractivity contribution in [3.05, 3.63) is 0 Å². The van der Waals surface area contributed by atoms with Crippen LogP contribution < -0.4 is 10.6 Å². The summed E-state index contributed by atoms with van der Waals surface area (Å²) in [7, 11) is 0. The van der Waals surface area contributed by atoms with E-state index in [1.807, 2.05) is 0 Å². The Kier molecular flexibility index (Phi) is 9.89. The minimum atomic E-state index is -1.33. The van der Waals surface area contributed by atoms with E-state index in [1.54, 1.807) is 0 Å². The van der Waals surface area contributed by atoms with Crippen molar-refractivity contribution < 1.29 is 47.7 Å². The number of nitrogens with one attached hydrogen (secondary N) is 2. The molecule has 186 valence electrons. The van der Waals surface area contributed by atoms with Gasteiger partial charge in [-0.25, -0.2) is 4.79 Å². The quantitative estimate of drug-likeness (QED) is 0.399. The Balaban J connectivity index is 2.29. The van der Waals surface area contributed by atoms with Crippen molar-refractivity contribution in [2.45, 2.75) is 96.5 Å². The van der Waals surface area contributed by atoms with Crippen LogP contribution in [-0.4, -0.2) is 73.2 Å². The Morgan fingerprint density at radius 1 is 0.727 bits per heavy atom. The van der Waals surface area contributed by atoms with Gasteiger partial charge in [-0.2, -0.15) is 0 Å². The summed E-state index contributed by atoms with van der Waals surface area (Å²) in [5.41, 5.74) is 0. The van der Waals surface area contributed by atoms with Crippen LogP contribution in [0.3, 0.4) is 0 Å². The van der Waals surface area contributed by atoms with Crippen LogP contribution in [0.1, 0.15) is 59.8 Å². The number of urea groups is 1. The zero-order valence-corrected chi connectivity index (χ0v) is 19.3. The summed E-state index contributed by atoms with van der Waals surface area (Å²) in [6.07, 6.45) is -1.53. The number of rotatable bonds is 7. The number of ether oxygens (including phenoxy) is 5. The molecule has 1 aliphatic carbocycles. The summed E-state index contributed by atoms with van der Waals surface area (Å²) in [5.74, 6) is -2.82. The van der Waals surface area contributed by atoms with Crippen LogP contribution >= 0.6 is 0 Å². The third kappa shape index (κ3) is 8.52. The molecule has 33 heavy (non-hydrogen) atoms. The number of carbonyl (C=O) groups excluding carboxylic acids is 5. The first-order valence-corrected chi connectivity index (χ1v) is 10.9. The maximum Gasteiger partial charge on any atom is 0.317 e. The van der Waals surface area contributed by atoms with Crippen molar-refractivity contribution in [2.75, 3.05) is 6.61 Å². The summed E-state index contributed by atoms with van der Waals surface area (Å²) < 4.78 is 26.8. The summed E-state index contributed by atoms with van der Waals surface area (Å²) >= 11 is 0. The Morgan fingerprint density at radius 3 is 1.82 bits per heavy atom. The van der Waals surface area contributed by atoms with Gasteiger partial charge in [0.25, 0.3) is 0 Å². The van der Waals surface area contributed by atoms with Crippen LogP contribution in [0.25, 0.3) is 0 Å². The second-order valence-electron chi connectivity index (χ2n) is 8.07. The fourth-order valence-corrected chi connectivity index (χ4v) is 3.95. The maximum atomic E-state index is 12.7. The standard InChI is InChI=1S/C21H32N2O10/c1-11(24)29-10-16-17(30-12(2)25)18(31-13(3)26)19(32-14(4)27)20(33-16)23-21(28)22-15-8-6-5-7-9-15/h15-20H,5-10H2,1-4H3,(H2,22,23,28)/t16-,17-,18+,19-,20-/m1/s1. The molecule has 0 aromatic heterocycles. The lowest BCUT2D eigenvalue weighted by molar-refractivity contribution is -0.255. The first kappa shape index (κ1) is 26.4. The molecular formula is C21H32N2O10. The van der Waals surface area contributed by atoms with Crippen LogP contribution in [0.4, 0.5) is 4.79 Å². The van der Waals surface area contributed by atoms with Crippen molar-refractivity contribution in [1.29, 1.82) is 0 Å². The average Bonchev–Trinajstić information content (AvgIpc) is 2.70. The van der Waals surface area contributed by atoms with E-state index in [-0.39, 0.29) is 12.6 Å². The smallest absolute Gasteiger partial charge is 0.317 e. The molecule has 5 atom stereocenters. The topological polar surface area (TPSA) is 156 Å². The zero-order valence-electron chi connectivity index (χ0n) is 19.3. The summed E-state index contributed by atoms with van der Waals surface area (Å²) in [6, 6.07) is -0.577. The third-order valence-corrected chi connectivity index (χ3v) is 5.20. The van der Waals surface area contributed by atoms with E-state index in [2.05, 4.69) is 10.6 Å². The highest BCUT2D eigenvalue weighted by Crippen LogP contribution is 2.28. The van der Waals surface area contributed by atoms with Crippen LogP contribution in [0.15, 0.2) is 0 Å².